The van der Waals surface area contributed by atoms with E-state index in [0.29, 0.717) is 44.6 Å². The monoisotopic (exact) mass is 422 g/mol. The Kier molecular flexibility index (Phi) is 7.54. The summed E-state index contributed by atoms with van der Waals surface area (Å²) in [6, 6.07) is 10.9. The Bertz CT molecular complexity index is 768. The molecule has 0 unspecified atom stereocenters. The van der Waals surface area contributed by atoms with Crippen LogP contribution in [0.1, 0.15) is 31.2 Å². The number of hydrogen-bond acceptors (Lipinski definition) is 5. The van der Waals surface area contributed by atoms with E-state index < -0.39 is 14.6 Å². The molecule has 29 heavy (non-hydrogen) atoms. The van der Waals surface area contributed by atoms with E-state index in [2.05, 4.69) is 44.8 Å². The molecule has 7 nitrogen and oxygen atoms in total. The highest BCUT2D eigenvalue weighted by molar-refractivity contribution is 7.92. The van der Waals surface area contributed by atoms with Crippen molar-refractivity contribution >= 4 is 15.8 Å². The topological polar surface area (TPSA) is 83.0 Å². The smallest absolute Gasteiger partial charge is 0.191 e. The Morgan fingerprint density at radius 1 is 1.21 bits per heavy atom. The minimum absolute atomic E-state index is 0.345. The molecular weight excluding hydrogens is 388 g/mol. The third-order valence-electron chi connectivity index (χ3n) is 6.17. The van der Waals surface area contributed by atoms with Crippen LogP contribution in [0.25, 0.3) is 0 Å². The molecule has 0 atom stereocenters. The van der Waals surface area contributed by atoms with Crippen molar-refractivity contribution in [2.45, 2.75) is 43.0 Å². The summed E-state index contributed by atoms with van der Waals surface area (Å²) in [5.41, 5.74) is 1.35. The lowest BCUT2D eigenvalue weighted by atomic mass is 9.99. The zero-order valence-electron chi connectivity index (χ0n) is 17.6. The fraction of sp³-hybridized carbons (Fsp3) is 0.667. The Morgan fingerprint density at radius 2 is 1.86 bits per heavy atom. The van der Waals surface area contributed by atoms with E-state index in [1.165, 1.54) is 11.8 Å². The van der Waals surface area contributed by atoms with E-state index in [9.17, 15) is 8.42 Å². The van der Waals surface area contributed by atoms with Gasteiger partial charge in [0, 0.05) is 58.7 Å². The molecule has 2 aliphatic rings. The van der Waals surface area contributed by atoms with Crippen molar-refractivity contribution in [2.24, 2.45) is 4.99 Å². The highest BCUT2D eigenvalue weighted by atomic mass is 32.2. The summed E-state index contributed by atoms with van der Waals surface area (Å²) in [7, 11) is -1.46. The molecule has 0 aromatic heterocycles. The molecule has 3 rings (SSSR count). The number of ether oxygens (including phenoxy) is 1. The molecule has 2 heterocycles. The molecule has 0 saturated carbocycles. The van der Waals surface area contributed by atoms with Crippen molar-refractivity contribution in [3.63, 3.8) is 0 Å². The van der Waals surface area contributed by atoms with Crippen LogP contribution in [0.3, 0.4) is 0 Å². The molecule has 2 aliphatic heterocycles. The second-order valence-electron chi connectivity index (χ2n) is 8.17. The van der Waals surface area contributed by atoms with E-state index in [1.54, 1.807) is 7.05 Å². The summed E-state index contributed by atoms with van der Waals surface area (Å²) < 4.78 is 29.5. The summed E-state index contributed by atoms with van der Waals surface area (Å²) in [6.07, 6.45) is 4.46. The first-order valence-corrected chi connectivity index (χ1v) is 12.3. The minimum Gasteiger partial charge on any atom is -0.381 e. The maximum absolute atomic E-state index is 12.4. The third-order valence-corrected chi connectivity index (χ3v) is 8.30. The lowest BCUT2D eigenvalue weighted by molar-refractivity contribution is 0.0756. The van der Waals surface area contributed by atoms with Crippen LogP contribution in [-0.2, 0) is 21.1 Å². The number of guanidine groups is 1. The fourth-order valence-electron chi connectivity index (χ4n) is 4.13. The van der Waals surface area contributed by atoms with Gasteiger partial charge in [-0.1, -0.05) is 30.3 Å². The predicted molar refractivity (Wildman–Crippen MR) is 117 cm³/mol. The van der Waals surface area contributed by atoms with Gasteiger partial charge in [0.1, 0.15) is 0 Å². The number of likely N-dealkylation sites (tertiary alicyclic amines) is 1. The Balaban J connectivity index is 1.48. The summed E-state index contributed by atoms with van der Waals surface area (Å²) in [5.74, 6) is 0.682. The second kappa shape index (κ2) is 9.91. The van der Waals surface area contributed by atoms with Crippen LogP contribution in [0.4, 0.5) is 0 Å². The lowest BCUT2D eigenvalue weighted by Crippen LogP contribution is -2.55. The maximum atomic E-state index is 12.4. The van der Waals surface area contributed by atoms with E-state index in [4.69, 9.17) is 4.74 Å². The van der Waals surface area contributed by atoms with E-state index >= 15 is 0 Å². The van der Waals surface area contributed by atoms with E-state index in [-0.39, 0.29) is 0 Å². The number of nitrogens with zero attached hydrogens (tertiary/aromatic N) is 2. The van der Waals surface area contributed by atoms with Crippen LogP contribution in [0.5, 0.6) is 0 Å². The van der Waals surface area contributed by atoms with Gasteiger partial charge in [0.25, 0.3) is 0 Å². The van der Waals surface area contributed by atoms with E-state index in [1.807, 2.05) is 6.07 Å². The Morgan fingerprint density at radius 3 is 2.45 bits per heavy atom. The molecule has 162 valence electrons. The average molecular weight is 423 g/mol. The molecule has 0 radical (unpaired) electrons. The van der Waals surface area contributed by atoms with Gasteiger partial charge >= 0.3 is 0 Å². The van der Waals surface area contributed by atoms with Gasteiger partial charge in [0.15, 0.2) is 15.8 Å². The van der Waals surface area contributed by atoms with Crippen LogP contribution in [0.2, 0.25) is 0 Å². The minimum atomic E-state index is -3.19. The van der Waals surface area contributed by atoms with Gasteiger partial charge in [-0.3, -0.25) is 9.89 Å². The van der Waals surface area contributed by atoms with Crippen molar-refractivity contribution in [2.75, 3.05) is 46.2 Å². The average Bonchev–Trinajstić information content (AvgIpc) is 2.73. The summed E-state index contributed by atoms with van der Waals surface area (Å²) >= 11 is 0. The fourth-order valence-corrected chi connectivity index (χ4v) is 5.37. The van der Waals surface area contributed by atoms with Gasteiger partial charge in [-0.15, -0.1) is 0 Å². The first-order chi connectivity index (χ1) is 13.9. The summed E-state index contributed by atoms with van der Waals surface area (Å²) in [6.45, 7) is 4.39. The van der Waals surface area contributed by atoms with Crippen molar-refractivity contribution in [1.29, 1.82) is 0 Å². The summed E-state index contributed by atoms with van der Waals surface area (Å²) in [5, 5.41) is 6.76. The molecule has 0 bridgehead atoms. The normalized spacial score (nSPS) is 21.7. The van der Waals surface area contributed by atoms with Crippen molar-refractivity contribution in [1.82, 2.24) is 15.5 Å². The molecule has 8 heteroatoms. The zero-order chi connectivity index (χ0) is 20.7. The first-order valence-electron chi connectivity index (χ1n) is 10.4. The molecule has 0 spiro atoms. The van der Waals surface area contributed by atoms with Crippen LogP contribution in [0, 0.1) is 0 Å². The van der Waals surface area contributed by atoms with Gasteiger partial charge < -0.3 is 15.4 Å². The first kappa shape index (κ1) is 22.1. The molecular formula is C21H34N4O3S. The Labute approximate surface area is 174 Å². The number of sulfone groups is 1. The van der Waals surface area contributed by atoms with Crippen LogP contribution >= 0.6 is 0 Å². The molecule has 2 fully saturated rings. The molecule has 0 amide bonds. The molecule has 1 aromatic rings. The predicted octanol–water partition coefficient (Wildman–Crippen LogP) is 1.41. The van der Waals surface area contributed by atoms with Crippen LogP contribution < -0.4 is 10.6 Å². The lowest BCUT2D eigenvalue weighted by Gasteiger charge is -2.37. The van der Waals surface area contributed by atoms with Gasteiger partial charge in [-0.05, 0) is 31.2 Å². The number of nitrogens with one attached hydrogen (secondary N) is 2. The second-order valence-corrected chi connectivity index (χ2v) is 10.6. The number of rotatable bonds is 6. The van der Waals surface area contributed by atoms with Crippen molar-refractivity contribution in [3.05, 3.63) is 35.9 Å². The molecule has 2 N–H and O–H groups in total. The van der Waals surface area contributed by atoms with Crippen molar-refractivity contribution in [3.8, 4) is 0 Å². The standard InChI is InChI=1S/C21H34N4O3S/c1-22-20(23-17-21(29(2,26)27)10-14-28-15-11-21)24-19-8-12-25(13-9-19)16-18-6-4-3-5-7-18/h3-7,19H,8-17H2,1-2H3,(H2,22,23,24). The zero-order valence-corrected chi connectivity index (χ0v) is 18.4. The molecule has 1 aromatic carbocycles. The van der Waals surface area contributed by atoms with Crippen molar-refractivity contribution < 1.29 is 13.2 Å². The number of piperidine rings is 1. The Hall–Kier alpha value is -1.64. The molecule has 2 saturated heterocycles. The third kappa shape index (κ3) is 5.93. The van der Waals surface area contributed by atoms with E-state index in [0.717, 1.165) is 32.5 Å². The van der Waals surface area contributed by atoms with Gasteiger partial charge in [0.05, 0.1) is 4.75 Å². The number of hydrogen-bond donors (Lipinski definition) is 2. The largest absolute Gasteiger partial charge is 0.381 e. The number of benzene rings is 1. The van der Waals surface area contributed by atoms with Gasteiger partial charge in [-0.25, -0.2) is 8.42 Å². The van der Waals surface area contributed by atoms with Crippen LogP contribution in [-0.4, -0.2) is 76.2 Å². The highest BCUT2D eigenvalue weighted by Gasteiger charge is 2.42. The van der Waals surface area contributed by atoms with Crippen LogP contribution in [0.15, 0.2) is 35.3 Å². The van der Waals surface area contributed by atoms with Gasteiger partial charge in [0.2, 0.25) is 0 Å². The summed E-state index contributed by atoms with van der Waals surface area (Å²) in [4.78, 5) is 6.80. The van der Waals surface area contributed by atoms with Gasteiger partial charge in [-0.2, -0.15) is 0 Å². The SMILES string of the molecule is CN=C(NCC1(S(C)(=O)=O)CCOCC1)NC1CCN(Cc2ccccc2)CC1. The maximum Gasteiger partial charge on any atom is 0.191 e. The highest BCUT2D eigenvalue weighted by Crippen LogP contribution is 2.28. The number of aliphatic imine (C=N–C) groups is 1. The molecule has 0 aliphatic carbocycles. The quantitative estimate of drug-likeness (QED) is 0.533.